The summed E-state index contributed by atoms with van der Waals surface area (Å²) in [5, 5.41) is 2.97. The average Bonchev–Trinajstić information content (AvgIpc) is 2.52. The first-order valence-electron chi connectivity index (χ1n) is 7.97. The summed E-state index contributed by atoms with van der Waals surface area (Å²) in [6.45, 7) is 1.28. The van der Waals surface area contributed by atoms with Crippen molar-refractivity contribution in [1.82, 2.24) is 0 Å². The molecule has 5 nitrogen and oxygen atoms in total. The van der Waals surface area contributed by atoms with Crippen LogP contribution in [-0.4, -0.2) is 32.3 Å². The third kappa shape index (κ3) is 6.77. The lowest BCUT2D eigenvalue weighted by Crippen LogP contribution is -2.34. The minimum Gasteiger partial charge on any atom is -0.493 e. The van der Waals surface area contributed by atoms with Gasteiger partial charge in [0.15, 0.2) is 0 Å². The predicted octanol–water partition coefficient (Wildman–Crippen LogP) is 2.98. The zero-order valence-corrected chi connectivity index (χ0v) is 14.4. The van der Waals surface area contributed by atoms with Gasteiger partial charge in [-0.1, -0.05) is 12.5 Å². The summed E-state index contributed by atoms with van der Waals surface area (Å²) in [6.07, 6.45) is 4.59. The van der Waals surface area contributed by atoms with E-state index in [2.05, 4.69) is 5.32 Å². The quantitative estimate of drug-likeness (QED) is 0.747. The summed E-state index contributed by atoms with van der Waals surface area (Å²) in [7, 11) is 1.67. The number of anilines is 1. The van der Waals surface area contributed by atoms with Crippen LogP contribution in [-0.2, 0) is 9.53 Å². The molecule has 130 valence electrons. The molecule has 0 aliphatic heterocycles. The Morgan fingerprint density at radius 3 is 2.91 bits per heavy atom. The third-order valence-electron chi connectivity index (χ3n) is 3.95. The van der Waals surface area contributed by atoms with E-state index < -0.39 is 0 Å². The van der Waals surface area contributed by atoms with Crippen molar-refractivity contribution in [3.63, 3.8) is 0 Å². The number of amides is 1. The molecule has 0 saturated heterocycles. The fourth-order valence-electron chi connectivity index (χ4n) is 2.77. The second kappa shape index (κ2) is 10.5. The van der Waals surface area contributed by atoms with Crippen LogP contribution in [0.3, 0.4) is 0 Å². The molecule has 0 bridgehead atoms. The molecule has 1 aliphatic carbocycles. The number of benzene rings is 1. The molecule has 1 aromatic rings. The SMILES string of the molecule is COCCCOc1cccc(NC(=O)C2CCCC(N)C2)c1.Cl. The van der Waals surface area contributed by atoms with E-state index in [1.165, 1.54) is 0 Å². The Balaban J connectivity index is 0.00000264. The van der Waals surface area contributed by atoms with E-state index in [0.29, 0.717) is 13.2 Å². The summed E-state index contributed by atoms with van der Waals surface area (Å²) in [5.41, 5.74) is 6.72. The number of methoxy groups -OCH3 is 1. The van der Waals surface area contributed by atoms with Crippen molar-refractivity contribution in [3.05, 3.63) is 24.3 Å². The number of rotatable bonds is 7. The molecule has 1 aromatic carbocycles. The van der Waals surface area contributed by atoms with Gasteiger partial charge in [-0.15, -0.1) is 12.4 Å². The lowest BCUT2D eigenvalue weighted by molar-refractivity contribution is -0.120. The summed E-state index contributed by atoms with van der Waals surface area (Å²) in [6, 6.07) is 7.66. The van der Waals surface area contributed by atoms with E-state index in [9.17, 15) is 4.79 Å². The Bertz CT molecular complexity index is 485. The molecule has 2 rings (SSSR count). The van der Waals surface area contributed by atoms with Crippen molar-refractivity contribution < 1.29 is 14.3 Å². The molecule has 0 radical (unpaired) electrons. The molecular weight excluding hydrogens is 316 g/mol. The molecule has 1 amide bonds. The van der Waals surface area contributed by atoms with Gasteiger partial charge in [-0.25, -0.2) is 0 Å². The van der Waals surface area contributed by atoms with Crippen LogP contribution in [0.2, 0.25) is 0 Å². The van der Waals surface area contributed by atoms with E-state index in [4.69, 9.17) is 15.2 Å². The van der Waals surface area contributed by atoms with Gasteiger partial charge in [0.05, 0.1) is 6.61 Å². The van der Waals surface area contributed by atoms with Gasteiger partial charge in [0.1, 0.15) is 5.75 Å². The highest BCUT2D eigenvalue weighted by atomic mass is 35.5. The monoisotopic (exact) mass is 342 g/mol. The maximum atomic E-state index is 12.3. The van der Waals surface area contributed by atoms with Gasteiger partial charge in [-0.2, -0.15) is 0 Å². The molecule has 0 heterocycles. The molecule has 1 saturated carbocycles. The first-order valence-corrected chi connectivity index (χ1v) is 7.97. The lowest BCUT2D eigenvalue weighted by Gasteiger charge is -2.25. The molecule has 6 heteroatoms. The maximum Gasteiger partial charge on any atom is 0.227 e. The number of hydrogen-bond acceptors (Lipinski definition) is 4. The van der Waals surface area contributed by atoms with E-state index in [0.717, 1.165) is 43.5 Å². The Labute approximate surface area is 144 Å². The Morgan fingerprint density at radius 2 is 2.17 bits per heavy atom. The molecule has 1 fully saturated rings. The van der Waals surface area contributed by atoms with Crippen LogP contribution < -0.4 is 15.8 Å². The van der Waals surface area contributed by atoms with Crippen molar-refractivity contribution >= 4 is 24.0 Å². The Kier molecular flexibility index (Phi) is 8.99. The fourth-order valence-corrected chi connectivity index (χ4v) is 2.77. The van der Waals surface area contributed by atoms with Crippen molar-refractivity contribution in [1.29, 1.82) is 0 Å². The van der Waals surface area contributed by atoms with Crippen LogP contribution in [0.15, 0.2) is 24.3 Å². The molecule has 0 spiro atoms. The Morgan fingerprint density at radius 1 is 1.35 bits per heavy atom. The highest BCUT2D eigenvalue weighted by Crippen LogP contribution is 2.25. The number of nitrogens with one attached hydrogen (secondary N) is 1. The number of carbonyl (C=O) groups is 1. The smallest absolute Gasteiger partial charge is 0.227 e. The summed E-state index contributed by atoms with van der Waals surface area (Å²) < 4.78 is 10.6. The molecule has 2 unspecified atom stereocenters. The van der Waals surface area contributed by atoms with Crippen LogP contribution >= 0.6 is 12.4 Å². The average molecular weight is 343 g/mol. The van der Waals surface area contributed by atoms with E-state index in [1.54, 1.807) is 7.11 Å². The number of nitrogens with two attached hydrogens (primary N) is 1. The highest BCUT2D eigenvalue weighted by Gasteiger charge is 2.25. The van der Waals surface area contributed by atoms with E-state index in [1.807, 2.05) is 24.3 Å². The predicted molar refractivity (Wildman–Crippen MR) is 94.2 cm³/mol. The third-order valence-corrected chi connectivity index (χ3v) is 3.95. The molecule has 2 atom stereocenters. The normalized spacial score (nSPS) is 20.4. The fraction of sp³-hybridized carbons (Fsp3) is 0.588. The molecule has 3 N–H and O–H groups in total. The van der Waals surface area contributed by atoms with E-state index in [-0.39, 0.29) is 30.3 Å². The van der Waals surface area contributed by atoms with Gasteiger partial charge < -0.3 is 20.5 Å². The highest BCUT2D eigenvalue weighted by molar-refractivity contribution is 5.92. The molecule has 1 aliphatic rings. The summed E-state index contributed by atoms with van der Waals surface area (Å²) in [5.74, 6) is 0.843. The number of halogens is 1. The minimum atomic E-state index is 0. The standard InChI is InChI=1S/C17H26N2O3.ClH/c1-21-9-4-10-22-16-8-3-7-15(12-16)19-17(20)13-5-2-6-14(18)11-13;/h3,7-8,12-14H,2,4-6,9-11,18H2,1H3,(H,19,20);1H. The van der Waals surface area contributed by atoms with Crippen molar-refractivity contribution in [2.75, 3.05) is 25.6 Å². The van der Waals surface area contributed by atoms with Gasteiger partial charge in [0.25, 0.3) is 0 Å². The van der Waals surface area contributed by atoms with Gasteiger partial charge in [-0.3, -0.25) is 4.79 Å². The van der Waals surface area contributed by atoms with Gasteiger partial charge in [0.2, 0.25) is 5.91 Å². The van der Waals surface area contributed by atoms with Gasteiger partial charge >= 0.3 is 0 Å². The van der Waals surface area contributed by atoms with Crippen molar-refractivity contribution in [3.8, 4) is 5.75 Å². The largest absolute Gasteiger partial charge is 0.493 e. The van der Waals surface area contributed by atoms with Crippen LogP contribution in [0.4, 0.5) is 5.69 Å². The van der Waals surface area contributed by atoms with Crippen molar-refractivity contribution in [2.24, 2.45) is 11.7 Å². The topological polar surface area (TPSA) is 73.6 Å². The molecular formula is C17H27ClN2O3. The molecule has 0 aromatic heterocycles. The summed E-state index contributed by atoms with van der Waals surface area (Å²) in [4.78, 5) is 12.3. The second-order valence-electron chi connectivity index (χ2n) is 5.84. The van der Waals surface area contributed by atoms with Crippen LogP contribution in [0.5, 0.6) is 5.75 Å². The zero-order valence-electron chi connectivity index (χ0n) is 13.6. The second-order valence-corrected chi connectivity index (χ2v) is 5.84. The minimum absolute atomic E-state index is 0. The van der Waals surface area contributed by atoms with Gasteiger partial charge in [-0.05, 0) is 31.4 Å². The molecule has 23 heavy (non-hydrogen) atoms. The number of ether oxygens (including phenoxy) is 2. The maximum absolute atomic E-state index is 12.3. The number of carbonyl (C=O) groups excluding carboxylic acids is 1. The first kappa shape index (κ1) is 19.7. The van der Waals surface area contributed by atoms with E-state index >= 15 is 0 Å². The number of hydrogen-bond donors (Lipinski definition) is 2. The zero-order chi connectivity index (χ0) is 15.8. The Hall–Kier alpha value is -1.30. The first-order chi connectivity index (χ1) is 10.7. The van der Waals surface area contributed by atoms with Crippen molar-refractivity contribution in [2.45, 2.75) is 38.1 Å². The summed E-state index contributed by atoms with van der Waals surface area (Å²) >= 11 is 0. The van der Waals surface area contributed by atoms with Gasteiger partial charge in [0, 0.05) is 43.9 Å². The van der Waals surface area contributed by atoms with Crippen LogP contribution in [0.25, 0.3) is 0 Å². The van der Waals surface area contributed by atoms with Crippen LogP contribution in [0.1, 0.15) is 32.1 Å². The lowest BCUT2D eigenvalue weighted by atomic mass is 9.85. The van der Waals surface area contributed by atoms with Crippen LogP contribution in [0, 0.1) is 5.92 Å².